The van der Waals surface area contributed by atoms with Crippen molar-refractivity contribution in [3.05, 3.63) is 64.9 Å². The van der Waals surface area contributed by atoms with Gasteiger partial charge >= 0.3 is 0 Å². The van der Waals surface area contributed by atoms with E-state index >= 15 is 0 Å². The van der Waals surface area contributed by atoms with E-state index in [0.717, 1.165) is 18.4 Å². The molecule has 5 heteroatoms. The summed E-state index contributed by atoms with van der Waals surface area (Å²) in [5.41, 5.74) is 0.737. The number of hydrogen-bond acceptors (Lipinski definition) is 2. The van der Waals surface area contributed by atoms with Crippen molar-refractivity contribution in [1.82, 2.24) is 5.32 Å². The first-order chi connectivity index (χ1) is 10.6. The summed E-state index contributed by atoms with van der Waals surface area (Å²) in [6.07, 6.45) is 1.20. The van der Waals surface area contributed by atoms with Crippen molar-refractivity contribution in [3.8, 4) is 5.75 Å². The molecule has 0 aliphatic heterocycles. The molecule has 1 amide bonds. The lowest BCUT2D eigenvalue weighted by Crippen LogP contribution is -2.33. The highest BCUT2D eigenvalue weighted by Gasteiger charge is 2.29. The summed E-state index contributed by atoms with van der Waals surface area (Å²) < 4.78 is 19.0. The Bertz CT molecular complexity index is 674. The highest BCUT2D eigenvalue weighted by Crippen LogP contribution is 2.27. The molecule has 0 aromatic heterocycles. The lowest BCUT2D eigenvalue weighted by molar-refractivity contribution is -0.128. The van der Waals surface area contributed by atoms with Gasteiger partial charge in [0.2, 0.25) is 6.10 Å². The van der Waals surface area contributed by atoms with Crippen molar-refractivity contribution >= 4 is 17.5 Å². The van der Waals surface area contributed by atoms with Crippen LogP contribution in [0.15, 0.2) is 48.5 Å². The molecule has 1 aliphatic carbocycles. The van der Waals surface area contributed by atoms with Gasteiger partial charge in [-0.05, 0) is 25.0 Å². The summed E-state index contributed by atoms with van der Waals surface area (Å²) >= 11 is 5.76. The predicted octanol–water partition coefficient (Wildman–Crippen LogP) is 3.88. The molecule has 2 aromatic carbocycles. The number of benzene rings is 2. The Morgan fingerprint density at radius 1 is 1.23 bits per heavy atom. The third-order valence-corrected chi connectivity index (χ3v) is 3.70. The first-order valence-corrected chi connectivity index (χ1v) is 7.48. The summed E-state index contributed by atoms with van der Waals surface area (Å²) in [5.74, 6) is -0.368. The van der Waals surface area contributed by atoms with E-state index in [2.05, 4.69) is 5.32 Å². The lowest BCUT2D eigenvalue weighted by Gasteiger charge is -2.19. The second-order valence-electron chi connectivity index (χ2n) is 5.27. The average molecular weight is 320 g/mol. The van der Waals surface area contributed by atoms with Gasteiger partial charge in [-0.15, -0.1) is 0 Å². The van der Waals surface area contributed by atoms with Crippen LogP contribution in [0.25, 0.3) is 0 Å². The maximum absolute atomic E-state index is 13.2. The number of carbonyl (C=O) groups excluding carboxylic acids is 1. The number of amides is 1. The Labute approximate surface area is 133 Å². The molecule has 1 saturated carbocycles. The third-order valence-electron chi connectivity index (χ3n) is 3.41. The highest BCUT2D eigenvalue weighted by molar-refractivity contribution is 6.30. The third kappa shape index (κ3) is 3.57. The molecular formula is C17H15ClFNO2. The zero-order chi connectivity index (χ0) is 15.5. The van der Waals surface area contributed by atoms with Gasteiger partial charge in [-0.3, -0.25) is 4.79 Å². The minimum Gasteiger partial charge on any atom is -0.476 e. The number of halogens is 2. The highest BCUT2D eigenvalue weighted by atomic mass is 35.5. The predicted molar refractivity (Wildman–Crippen MR) is 82.4 cm³/mol. The van der Waals surface area contributed by atoms with Gasteiger partial charge in [0.25, 0.3) is 5.91 Å². The monoisotopic (exact) mass is 319 g/mol. The van der Waals surface area contributed by atoms with Gasteiger partial charge in [-0.25, -0.2) is 4.39 Å². The first-order valence-electron chi connectivity index (χ1n) is 7.10. The molecule has 0 bridgehead atoms. The zero-order valence-electron chi connectivity index (χ0n) is 11.8. The van der Waals surface area contributed by atoms with E-state index in [1.54, 1.807) is 0 Å². The topological polar surface area (TPSA) is 38.3 Å². The van der Waals surface area contributed by atoms with Crippen molar-refractivity contribution in [2.24, 2.45) is 0 Å². The van der Waals surface area contributed by atoms with Crippen LogP contribution in [0, 0.1) is 5.82 Å². The first kappa shape index (κ1) is 14.9. The molecule has 3 nitrogen and oxygen atoms in total. The normalized spacial score (nSPS) is 15.2. The standard InChI is InChI=1S/C17H15ClFNO2/c18-14-10-13(8-9-15(14)19)22-16(11-4-2-1-3-5-11)17(21)20-12-6-7-12/h1-5,8-10,12,16H,6-7H2,(H,20,21)/t16-/m0/s1. The molecule has 0 unspecified atom stereocenters. The number of nitrogens with one attached hydrogen (secondary N) is 1. The van der Waals surface area contributed by atoms with Gasteiger partial charge in [0, 0.05) is 17.7 Å². The minimum atomic E-state index is -0.789. The quantitative estimate of drug-likeness (QED) is 0.908. The molecule has 3 rings (SSSR count). The van der Waals surface area contributed by atoms with E-state index in [1.165, 1.54) is 18.2 Å². The van der Waals surface area contributed by atoms with E-state index < -0.39 is 11.9 Å². The van der Waals surface area contributed by atoms with Crippen LogP contribution in [0.4, 0.5) is 4.39 Å². The molecule has 1 atom stereocenters. The Hall–Kier alpha value is -2.07. The number of ether oxygens (including phenoxy) is 1. The van der Waals surface area contributed by atoms with Gasteiger partial charge in [0.15, 0.2) is 0 Å². The van der Waals surface area contributed by atoms with Crippen molar-refractivity contribution in [2.75, 3.05) is 0 Å². The van der Waals surface area contributed by atoms with E-state index in [4.69, 9.17) is 16.3 Å². The SMILES string of the molecule is O=C(NC1CC1)[C@@H](Oc1ccc(F)c(Cl)c1)c1ccccc1. The molecule has 1 fully saturated rings. The van der Waals surface area contributed by atoms with Crippen molar-refractivity contribution in [1.29, 1.82) is 0 Å². The second kappa shape index (κ2) is 6.36. The molecule has 1 N–H and O–H groups in total. The van der Waals surface area contributed by atoms with Gasteiger partial charge in [-0.2, -0.15) is 0 Å². The van der Waals surface area contributed by atoms with Gasteiger partial charge in [0.1, 0.15) is 11.6 Å². The fourth-order valence-electron chi connectivity index (χ4n) is 2.09. The van der Waals surface area contributed by atoms with Crippen LogP contribution in [0.1, 0.15) is 24.5 Å². The Kier molecular flexibility index (Phi) is 4.29. The smallest absolute Gasteiger partial charge is 0.266 e. The maximum Gasteiger partial charge on any atom is 0.266 e. The van der Waals surface area contributed by atoms with Gasteiger partial charge in [-0.1, -0.05) is 41.9 Å². The summed E-state index contributed by atoms with van der Waals surface area (Å²) in [7, 11) is 0. The van der Waals surface area contributed by atoms with Crippen molar-refractivity contribution < 1.29 is 13.9 Å². The lowest BCUT2D eigenvalue weighted by atomic mass is 10.1. The van der Waals surface area contributed by atoms with E-state index in [0.29, 0.717) is 5.75 Å². The molecule has 0 heterocycles. The number of hydrogen-bond donors (Lipinski definition) is 1. The Morgan fingerprint density at radius 2 is 1.95 bits per heavy atom. The van der Waals surface area contributed by atoms with Crippen molar-refractivity contribution in [3.63, 3.8) is 0 Å². The molecule has 0 spiro atoms. The van der Waals surface area contributed by atoms with Crippen LogP contribution in [-0.2, 0) is 4.79 Å². The summed E-state index contributed by atoms with van der Waals surface area (Å²) in [5, 5.41) is 2.89. The Balaban J connectivity index is 1.83. The summed E-state index contributed by atoms with van der Waals surface area (Å²) in [4.78, 5) is 12.4. The fourth-order valence-corrected chi connectivity index (χ4v) is 2.26. The molecule has 0 saturated heterocycles. The average Bonchev–Trinajstić information content (AvgIpc) is 3.33. The van der Waals surface area contributed by atoms with Crippen LogP contribution in [0.5, 0.6) is 5.75 Å². The van der Waals surface area contributed by atoms with E-state index in [1.807, 2.05) is 30.3 Å². The summed E-state index contributed by atoms with van der Waals surface area (Å²) in [6.45, 7) is 0. The summed E-state index contributed by atoms with van der Waals surface area (Å²) in [6, 6.07) is 13.5. The second-order valence-corrected chi connectivity index (χ2v) is 5.67. The largest absolute Gasteiger partial charge is 0.476 e. The van der Waals surface area contributed by atoms with E-state index in [9.17, 15) is 9.18 Å². The molecule has 22 heavy (non-hydrogen) atoms. The zero-order valence-corrected chi connectivity index (χ0v) is 12.5. The van der Waals surface area contributed by atoms with Crippen LogP contribution >= 0.6 is 11.6 Å². The molecular weight excluding hydrogens is 305 g/mol. The minimum absolute atomic E-state index is 0.0353. The van der Waals surface area contributed by atoms with Crippen LogP contribution < -0.4 is 10.1 Å². The number of carbonyl (C=O) groups is 1. The van der Waals surface area contributed by atoms with Crippen LogP contribution in [-0.4, -0.2) is 11.9 Å². The van der Waals surface area contributed by atoms with Crippen molar-refractivity contribution in [2.45, 2.75) is 25.0 Å². The van der Waals surface area contributed by atoms with E-state index in [-0.39, 0.29) is 17.0 Å². The maximum atomic E-state index is 13.2. The Morgan fingerprint density at radius 3 is 2.59 bits per heavy atom. The van der Waals surface area contributed by atoms with Crippen LogP contribution in [0.3, 0.4) is 0 Å². The molecule has 1 aliphatic rings. The fraction of sp³-hybridized carbons (Fsp3) is 0.235. The molecule has 114 valence electrons. The molecule has 2 aromatic rings. The van der Waals surface area contributed by atoms with Gasteiger partial charge in [0.05, 0.1) is 5.02 Å². The van der Waals surface area contributed by atoms with Gasteiger partial charge < -0.3 is 10.1 Å². The van der Waals surface area contributed by atoms with Crippen LogP contribution in [0.2, 0.25) is 5.02 Å². The number of rotatable bonds is 5. The molecule has 0 radical (unpaired) electrons.